The number of aryl methyl sites for hydroxylation is 1. The highest BCUT2D eigenvalue weighted by Gasteiger charge is 2.34. The summed E-state index contributed by atoms with van der Waals surface area (Å²) in [6.07, 6.45) is 3.63. The Labute approximate surface area is 207 Å². The number of carboxylic acid groups (broad SMARTS) is 1. The Bertz CT molecular complexity index is 1230. The van der Waals surface area contributed by atoms with Crippen LogP contribution in [0.15, 0.2) is 48.5 Å². The highest BCUT2D eigenvalue weighted by Crippen LogP contribution is 2.36. The Hall–Kier alpha value is -3.62. The molecule has 0 spiro atoms. The molecule has 2 aromatic carbocycles. The quantitative estimate of drug-likeness (QED) is 0.307. The van der Waals surface area contributed by atoms with E-state index in [2.05, 4.69) is 15.3 Å². The molecule has 3 N–H and O–H groups in total. The van der Waals surface area contributed by atoms with Crippen LogP contribution in [0.2, 0.25) is 0 Å². The second-order valence-electron chi connectivity index (χ2n) is 9.19. The van der Waals surface area contributed by atoms with Crippen molar-refractivity contribution in [3.63, 3.8) is 0 Å². The Morgan fingerprint density at radius 3 is 2.44 bits per heavy atom. The first-order valence-corrected chi connectivity index (χ1v) is 12.1. The molecule has 0 atom stereocenters. The fourth-order valence-corrected chi connectivity index (χ4v) is 4.76. The molecule has 3 aromatic rings. The van der Waals surface area contributed by atoms with Crippen molar-refractivity contribution in [1.82, 2.24) is 9.97 Å². The van der Waals surface area contributed by atoms with E-state index in [0.717, 1.165) is 38.2 Å². The van der Waals surface area contributed by atoms with Crippen molar-refractivity contribution >= 4 is 17.6 Å². The number of hydrogen-bond acceptors (Lipinski definition) is 3. The molecule has 1 fully saturated rings. The third-order valence-electron chi connectivity index (χ3n) is 6.63. The van der Waals surface area contributed by atoms with E-state index in [9.17, 15) is 27.9 Å². The first-order chi connectivity index (χ1) is 17.2. The molecule has 6 nitrogen and oxygen atoms in total. The van der Waals surface area contributed by atoms with Crippen molar-refractivity contribution in [3.8, 4) is 11.4 Å². The molecule has 1 aliphatic rings. The molecule has 1 aromatic heterocycles. The number of rotatable bonds is 7. The predicted octanol–water partition coefficient (Wildman–Crippen LogP) is 6.95. The fraction of sp³-hybridized carbons (Fsp3) is 0.370. The smallest absolute Gasteiger partial charge is 0.417 e. The number of aromatic nitrogens is 2. The van der Waals surface area contributed by atoms with E-state index in [-0.39, 0.29) is 28.3 Å². The Balaban J connectivity index is 1.66. The molecule has 1 saturated carbocycles. The largest absolute Gasteiger partial charge is 0.478 e. The number of amides is 1. The number of H-pyrrole nitrogens is 1. The second-order valence-corrected chi connectivity index (χ2v) is 9.19. The molecule has 0 aliphatic heterocycles. The molecule has 0 radical (unpaired) electrons. The first-order valence-electron chi connectivity index (χ1n) is 12.1. The van der Waals surface area contributed by atoms with Crippen LogP contribution in [0.25, 0.3) is 11.4 Å². The third kappa shape index (κ3) is 6.13. The van der Waals surface area contributed by atoms with Gasteiger partial charge < -0.3 is 15.4 Å². The number of carboxylic acids is 1. The zero-order chi connectivity index (χ0) is 25.7. The standard InChI is InChI=1S/C27H28F3N3O3/c28-27(29,30)21-13-6-5-12-20(21)24-32-22(15-14-17-8-3-1-2-4-9-17)23(33-24)25(34)31-19-11-7-10-18(16-19)26(35)36/h5-7,10-13,16-17H,1-4,8-9,14-15H2,(H,31,34)(H,32,33)(H,35,36). The van der Waals surface area contributed by atoms with Gasteiger partial charge in [-0.15, -0.1) is 0 Å². The Morgan fingerprint density at radius 1 is 1.03 bits per heavy atom. The number of imidazole rings is 1. The van der Waals surface area contributed by atoms with Crippen molar-refractivity contribution < 1.29 is 27.9 Å². The van der Waals surface area contributed by atoms with Crippen LogP contribution in [0.1, 0.15) is 77.0 Å². The molecule has 9 heteroatoms. The lowest BCUT2D eigenvalue weighted by Gasteiger charge is -2.13. The maximum absolute atomic E-state index is 13.7. The van der Waals surface area contributed by atoms with Crippen molar-refractivity contribution in [2.24, 2.45) is 5.92 Å². The molecule has 1 aliphatic carbocycles. The van der Waals surface area contributed by atoms with Gasteiger partial charge in [0.05, 0.1) is 11.1 Å². The highest BCUT2D eigenvalue weighted by atomic mass is 19.4. The second kappa shape index (κ2) is 11.0. The summed E-state index contributed by atoms with van der Waals surface area (Å²) >= 11 is 0. The van der Waals surface area contributed by atoms with Gasteiger partial charge in [-0.1, -0.05) is 62.8 Å². The van der Waals surface area contributed by atoms with Gasteiger partial charge in [0.1, 0.15) is 11.5 Å². The number of benzene rings is 2. The molecule has 4 rings (SSSR count). The van der Waals surface area contributed by atoms with Gasteiger partial charge in [0, 0.05) is 16.9 Å². The molecular formula is C27H28F3N3O3. The van der Waals surface area contributed by atoms with Crippen molar-refractivity contribution in [1.29, 1.82) is 0 Å². The molecular weight excluding hydrogens is 471 g/mol. The summed E-state index contributed by atoms with van der Waals surface area (Å²) in [6.45, 7) is 0. The number of carbonyl (C=O) groups is 2. The number of nitrogens with zero attached hydrogens (tertiary/aromatic N) is 1. The van der Waals surface area contributed by atoms with Crippen molar-refractivity contribution in [2.45, 2.75) is 57.5 Å². The maximum atomic E-state index is 13.7. The van der Waals surface area contributed by atoms with E-state index in [1.807, 2.05) is 0 Å². The summed E-state index contributed by atoms with van der Waals surface area (Å²) in [6, 6.07) is 10.9. The van der Waals surface area contributed by atoms with Crippen LogP contribution in [-0.4, -0.2) is 27.0 Å². The van der Waals surface area contributed by atoms with Gasteiger partial charge in [-0.05, 0) is 43.0 Å². The van der Waals surface area contributed by atoms with Crippen LogP contribution in [0.4, 0.5) is 18.9 Å². The van der Waals surface area contributed by atoms with Gasteiger partial charge in [-0.25, -0.2) is 9.78 Å². The van der Waals surface area contributed by atoms with Gasteiger partial charge in [0.2, 0.25) is 0 Å². The van der Waals surface area contributed by atoms with Crippen LogP contribution in [0, 0.1) is 5.92 Å². The molecule has 1 heterocycles. The first kappa shape index (κ1) is 25.5. The summed E-state index contributed by atoms with van der Waals surface area (Å²) in [5, 5.41) is 11.9. The topological polar surface area (TPSA) is 95.1 Å². The monoisotopic (exact) mass is 499 g/mol. The number of anilines is 1. The zero-order valence-corrected chi connectivity index (χ0v) is 19.7. The highest BCUT2D eigenvalue weighted by molar-refractivity contribution is 6.04. The molecule has 0 bridgehead atoms. The lowest BCUT2D eigenvalue weighted by Crippen LogP contribution is -2.15. The molecule has 0 saturated heterocycles. The van der Waals surface area contributed by atoms with Crippen LogP contribution in [0.3, 0.4) is 0 Å². The number of hydrogen-bond donors (Lipinski definition) is 3. The third-order valence-corrected chi connectivity index (χ3v) is 6.63. The number of alkyl halides is 3. The average molecular weight is 500 g/mol. The lowest BCUT2D eigenvalue weighted by molar-refractivity contribution is -0.137. The maximum Gasteiger partial charge on any atom is 0.417 e. The van der Waals surface area contributed by atoms with Crippen LogP contribution in [0.5, 0.6) is 0 Å². The molecule has 0 unspecified atom stereocenters. The minimum absolute atomic E-state index is 0.00297. The minimum Gasteiger partial charge on any atom is -0.478 e. The Kier molecular flexibility index (Phi) is 7.76. The Morgan fingerprint density at radius 2 is 1.75 bits per heavy atom. The minimum atomic E-state index is -4.58. The average Bonchev–Trinajstić information content (AvgIpc) is 3.10. The van der Waals surface area contributed by atoms with Crippen LogP contribution in [-0.2, 0) is 12.6 Å². The normalized spacial score (nSPS) is 14.9. The fourth-order valence-electron chi connectivity index (χ4n) is 4.76. The van der Waals surface area contributed by atoms with Gasteiger partial charge in [0.25, 0.3) is 5.91 Å². The van der Waals surface area contributed by atoms with E-state index in [1.165, 1.54) is 49.2 Å². The number of nitrogens with one attached hydrogen (secondary N) is 2. The molecule has 190 valence electrons. The van der Waals surface area contributed by atoms with Crippen molar-refractivity contribution in [2.75, 3.05) is 5.32 Å². The van der Waals surface area contributed by atoms with E-state index >= 15 is 0 Å². The van der Waals surface area contributed by atoms with Gasteiger partial charge in [-0.2, -0.15) is 13.2 Å². The lowest BCUT2D eigenvalue weighted by atomic mass is 9.94. The zero-order valence-electron chi connectivity index (χ0n) is 19.7. The summed E-state index contributed by atoms with van der Waals surface area (Å²) in [5.74, 6) is -1.28. The predicted molar refractivity (Wildman–Crippen MR) is 130 cm³/mol. The number of aromatic amines is 1. The van der Waals surface area contributed by atoms with E-state index in [0.29, 0.717) is 18.0 Å². The molecule has 1 amide bonds. The van der Waals surface area contributed by atoms with E-state index < -0.39 is 23.6 Å². The summed E-state index contributed by atoms with van der Waals surface area (Å²) in [4.78, 5) is 31.8. The number of halogens is 3. The van der Waals surface area contributed by atoms with E-state index in [4.69, 9.17) is 0 Å². The summed E-state index contributed by atoms with van der Waals surface area (Å²) in [7, 11) is 0. The van der Waals surface area contributed by atoms with E-state index in [1.54, 1.807) is 6.07 Å². The molecule has 36 heavy (non-hydrogen) atoms. The van der Waals surface area contributed by atoms with Gasteiger partial charge >= 0.3 is 12.1 Å². The van der Waals surface area contributed by atoms with Gasteiger partial charge in [0.15, 0.2) is 0 Å². The summed E-state index contributed by atoms with van der Waals surface area (Å²) < 4.78 is 41.0. The van der Waals surface area contributed by atoms with Crippen molar-refractivity contribution in [3.05, 3.63) is 71.0 Å². The number of carbonyl (C=O) groups excluding carboxylic acids is 1. The van der Waals surface area contributed by atoms with Crippen LogP contribution >= 0.6 is 0 Å². The summed E-state index contributed by atoms with van der Waals surface area (Å²) in [5.41, 5.74) is -0.227. The van der Waals surface area contributed by atoms with Crippen LogP contribution < -0.4 is 5.32 Å². The van der Waals surface area contributed by atoms with Gasteiger partial charge in [-0.3, -0.25) is 4.79 Å². The SMILES string of the molecule is O=C(O)c1cccc(NC(=O)c2nc(-c3ccccc3C(F)(F)F)[nH]c2CCC2CCCCCC2)c1. The number of aromatic carboxylic acids is 1.